The summed E-state index contributed by atoms with van der Waals surface area (Å²) < 4.78 is 5.82. The van der Waals surface area contributed by atoms with Crippen molar-refractivity contribution in [3.05, 3.63) is 12.4 Å². The van der Waals surface area contributed by atoms with Gasteiger partial charge in [0, 0.05) is 19.1 Å². The van der Waals surface area contributed by atoms with Crippen molar-refractivity contribution < 1.29 is 9.53 Å². The van der Waals surface area contributed by atoms with Crippen molar-refractivity contribution >= 4 is 12.1 Å². The first-order valence-corrected chi connectivity index (χ1v) is 6.75. The molecule has 1 aromatic rings. The molecule has 1 saturated carbocycles. The van der Waals surface area contributed by atoms with E-state index in [0.717, 1.165) is 31.6 Å². The van der Waals surface area contributed by atoms with Crippen molar-refractivity contribution in [1.82, 2.24) is 14.9 Å². The molecule has 102 valence electrons. The number of carbonyl (C=O) groups is 1. The molecule has 1 aromatic heterocycles. The third kappa shape index (κ3) is 3.41. The van der Waals surface area contributed by atoms with E-state index in [1.54, 1.807) is 12.4 Å². The Morgan fingerprint density at radius 2 is 2.32 bits per heavy atom. The van der Waals surface area contributed by atoms with Gasteiger partial charge in [-0.05, 0) is 19.3 Å². The molecule has 0 spiro atoms. The minimum Gasteiger partial charge on any atom is -0.472 e. The Labute approximate surface area is 112 Å². The molecule has 1 N–H and O–H groups in total. The molecule has 2 fully saturated rings. The third-order valence-electron chi connectivity index (χ3n) is 3.39. The average Bonchev–Trinajstić information content (AvgIpc) is 3.10. The predicted molar refractivity (Wildman–Crippen MR) is 70.2 cm³/mol. The van der Waals surface area contributed by atoms with Crippen LogP contribution in [0.15, 0.2) is 12.4 Å². The molecule has 1 unspecified atom stereocenters. The molecular formula is C13H18N4O2. The topological polar surface area (TPSA) is 67.4 Å². The summed E-state index contributed by atoms with van der Waals surface area (Å²) >= 11 is 0. The molecular weight excluding hydrogens is 244 g/mol. The number of rotatable bonds is 6. The molecule has 6 nitrogen and oxygen atoms in total. The van der Waals surface area contributed by atoms with E-state index in [-0.39, 0.29) is 6.10 Å². The molecule has 1 aliphatic heterocycles. The molecule has 2 heterocycles. The van der Waals surface area contributed by atoms with Gasteiger partial charge in [0.05, 0.1) is 18.9 Å². The van der Waals surface area contributed by atoms with E-state index in [1.807, 2.05) is 0 Å². The predicted octanol–water partition coefficient (Wildman–Crippen LogP) is 0.703. The second-order valence-corrected chi connectivity index (χ2v) is 5.12. The van der Waals surface area contributed by atoms with Gasteiger partial charge < -0.3 is 14.8 Å². The summed E-state index contributed by atoms with van der Waals surface area (Å²) in [7, 11) is 0. The highest BCUT2D eigenvalue weighted by Crippen LogP contribution is 2.24. The second kappa shape index (κ2) is 5.52. The highest BCUT2D eigenvalue weighted by atomic mass is 16.5. The van der Waals surface area contributed by atoms with Crippen molar-refractivity contribution in [2.24, 2.45) is 0 Å². The first kappa shape index (κ1) is 12.3. The first-order chi connectivity index (χ1) is 9.33. The maximum absolute atomic E-state index is 10.5. The summed E-state index contributed by atoms with van der Waals surface area (Å²) in [5.41, 5.74) is 0. The number of aromatic nitrogens is 2. The van der Waals surface area contributed by atoms with Crippen LogP contribution < -0.4 is 10.1 Å². The van der Waals surface area contributed by atoms with Crippen LogP contribution >= 0.6 is 0 Å². The summed E-state index contributed by atoms with van der Waals surface area (Å²) in [6.45, 7) is 2.16. The summed E-state index contributed by atoms with van der Waals surface area (Å²) in [4.78, 5) is 21.1. The van der Waals surface area contributed by atoms with Crippen LogP contribution in [0.1, 0.15) is 19.3 Å². The van der Waals surface area contributed by atoms with Crippen LogP contribution in [0, 0.1) is 0 Å². The minimum absolute atomic E-state index is 0.102. The normalized spacial score (nSPS) is 23.3. The number of carbonyl (C=O) groups excluding carboxylic acids is 1. The van der Waals surface area contributed by atoms with Crippen molar-refractivity contribution in [1.29, 1.82) is 0 Å². The van der Waals surface area contributed by atoms with Gasteiger partial charge in [0.25, 0.3) is 0 Å². The highest BCUT2D eigenvalue weighted by molar-refractivity contribution is 5.52. The number of hydrogen-bond donors (Lipinski definition) is 1. The van der Waals surface area contributed by atoms with Gasteiger partial charge in [-0.1, -0.05) is 0 Å². The summed E-state index contributed by atoms with van der Waals surface area (Å²) in [5.74, 6) is 1.34. The fraction of sp³-hybridized carbons (Fsp3) is 0.615. The van der Waals surface area contributed by atoms with Gasteiger partial charge in [-0.2, -0.15) is 4.98 Å². The van der Waals surface area contributed by atoms with E-state index < -0.39 is 0 Å². The van der Waals surface area contributed by atoms with Gasteiger partial charge in [0.1, 0.15) is 18.2 Å². The van der Waals surface area contributed by atoms with Crippen molar-refractivity contribution in [2.45, 2.75) is 31.4 Å². The van der Waals surface area contributed by atoms with E-state index in [2.05, 4.69) is 20.2 Å². The molecule has 6 heteroatoms. The van der Waals surface area contributed by atoms with E-state index in [1.165, 1.54) is 12.8 Å². The highest BCUT2D eigenvalue weighted by Gasteiger charge is 2.24. The van der Waals surface area contributed by atoms with Gasteiger partial charge in [-0.25, -0.2) is 0 Å². The van der Waals surface area contributed by atoms with Gasteiger partial charge in [-0.3, -0.25) is 9.88 Å². The van der Waals surface area contributed by atoms with Crippen molar-refractivity contribution in [2.75, 3.05) is 25.0 Å². The molecule has 19 heavy (non-hydrogen) atoms. The van der Waals surface area contributed by atoms with Gasteiger partial charge in [0.15, 0.2) is 0 Å². The van der Waals surface area contributed by atoms with Crippen LogP contribution in [0.5, 0.6) is 5.88 Å². The van der Waals surface area contributed by atoms with Crippen LogP contribution in [0.2, 0.25) is 0 Å². The summed E-state index contributed by atoms with van der Waals surface area (Å²) in [5, 5.41) is 3.30. The third-order valence-corrected chi connectivity index (χ3v) is 3.39. The molecule has 0 bridgehead atoms. The lowest BCUT2D eigenvalue weighted by Gasteiger charge is -2.14. The number of hydrogen-bond acceptors (Lipinski definition) is 6. The molecule has 0 amide bonds. The smallest absolute Gasteiger partial charge is 0.234 e. The number of nitrogens with zero attached hydrogens (tertiary/aromatic N) is 3. The Balaban J connectivity index is 1.55. The van der Waals surface area contributed by atoms with Gasteiger partial charge in [-0.15, -0.1) is 0 Å². The van der Waals surface area contributed by atoms with Crippen molar-refractivity contribution in [3.8, 4) is 5.88 Å². The van der Waals surface area contributed by atoms with Crippen LogP contribution in [0.4, 0.5) is 5.82 Å². The number of anilines is 1. The van der Waals surface area contributed by atoms with E-state index in [4.69, 9.17) is 4.74 Å². The Morgan fingerprint density at radius 1 is 1.42 bits per heavy atom. The Hall–Kier alpha value is -1.69. The summed E-state index contributed by atoms with van der Waals surface area (Å²) in [6, 6.07) is 0.555. The second-order valence-electron chi connectivity index (χ2n) is 5.12. The number of ether oxygens (including phenoxy) is 1. The van der Waals surface area contributed by atoms with Crippen LogP contribution in [-0.2, 0) is 4.79 Å². The average molecular weight is 262 g/mol. The van der Waals surface area contributed by atoms with Gasteiger partial charge >= 0.3 is 0 Å². The zero-order valence-corrected chi connectivity index (χ0v) is 10.8. The molecule has 3 rings (SSSR count). The fourth-order valence-electron chi connectivity index (χ4n) is 2.25. The monoisotopic (exact) mass is 262 g/mol. The molecule has 2 aliphatic rings. The molecule has 0 aromatic carbocycles. The maximum Gasteiger partial charge on any atom is 0.234 e. The van der Waals surface area contributed by atoms with E-state index in [9.17, 15) is 4.79 Å². The van der Waals surface area contributed by atoms with Gasteiger partial charge in [0.2, 0.25) is 5.88 Å². The number of nitrogens with one attached hydrogen (secondary N) is 1. The van der Waals surface area contributed by atoms with Crippen LogP contribution in [0.3, 0.4) is 0 Å². The minimum atomic E-state index is 0.102. The quantitative estimate of drug-likeness (QED) is 0.761. The molecule has 1 saturated heterocycles. The number of likely N-dealkylation sites (tertiary alicyclic amines) is 1. The summed E-state index contributed by atoms with van der Waals surface area (Å²) in [6.07, 6.45) is 7.73. The molecule has 1 aliphatic carbocycles. The Morgan fingerprint density at radius 3 is 3.11 bits per heavy atom. The number of aldehydes is 1. The van der Waals surface area contributed by atoms with E-state index >= 15 is 0 Å². The zero-order chi connectivity index (χ0) is 13.1. The lowest BCUT2D eigenvalue weighted by atomic mass is 10.3. The van der Waals surface area contributed by atoms with E-state index in [0.29, 0.717) is 18.5 Å². The largest absolute Gasteiger partial charge is 0.472 e. The first-order valence-electron chi connectivity index (χ1n) is 6.75. The lowest BCUT2D eigenvalue weighted by Crippen LogP contribution is -2.26. The van der Waals surface area contributed by atoms with Crippen LogP contribution in [0.25, 0.3) is 0 Å². The zero-order valence-electron chi connectivity index (χ0n) is 10.8. The lowest BCUT2D eigenvalue weighted by molar-refractivity contribution is -0.108. The standard InChI is InChI=1S/C13H18N4O2/c18-6-5-17-4-3-11(9-17)19-13-8-14-7-12(16-13)15-10-1-2-10/h6-8,10-11H,1-5,9H2,(H,15,16). The Bertz CT molecular complexity index is 450. The van der Waals surface area contributed by atoms with Crippen molar-refractivity contribution in [3.63, 3.8) is 0 Å². The Kier molecular flexibility index (Phi) is 3.59. The molecule has 1 atom stereocenters. The SMILES string of the molecule is O=CCN1CCC(Oc2cncc(NC3CC3)n2)C1. The fourth-order valence-corrected chi connectivity index (χ4v) is 2.25. The van der Waals surface area contributed by atoms with Crippen LogP contribution in [-0.4, -0.2) is 52.9 Å². The maximum atomic E-state index is 10.5. The molecule has 0 radical (unpaired) electrons.